The number of nitrogens with one attached hydrogen (secondary N) is 1. The van der Waals surface area contributed by atoms with Crippen molar-refractivity contribution in [2.24, 2.45) is 0 Å². The Balaban J connectivity index is 2.07. The molecule has 0 atom stereocenters. The number of carboxylic acids is 1. The van der Waals surface area contributed by atoms with Gasteiger partial charge in [0, 0.05) is 6.54 Å². The molecule has 0 saturated heterocycles. The third-order valence-electron chi connectivity index (χ3n) is 2.11. The Morgan fingerprint density at radius 1 is 1.53 bits per heavy atom. The highest BCUT2D eigenvalue weighted by Gasteiger charge is 2.12. The first-order valence-electron chi connectivity index (χ1n) is 4.82. The minimum atomic E-state index is -1.08. The van der Waals surface area contributed by atoms with E-state index < -0.39 is 5.97 Å². The van der Waals surface area contributed by atoms with Crippen molar-refractivity contribution in [2.45, 2.75) is 6.54 Å². The van der Waals surface area contributed by atoms with Crippen LogP contribution < -0.4 is 5.32 Å². The van der Waals surface area contributed by atoms with Gasteiger partial charge in [-0.1, -0.05) is 12.1 Å². The molecule has 2 N–H and O–H groups in total. The van der Waals surface area contributed by atoms with Crippen molar-refractivity contribution in [2.75, 3.05) is 5.32 Å². The minimum Gasteiger partial charge on any atom is -0.476 e. The average Bonchev–Trinajstić information content (AvgIpc) is 2.74. The number of thiazole rings is 1. The molecule has 17 heavy (non-hydrogen) atoms. The highest BCUT2D eigenvalue weighted by Crippen LogP contribution is 2.20. The quantitative estimate of drug-likeness (QED) is 0.878. The van der Waals surface area contributed by atoms with E-state index in [0.29, 0.717) is 11.5 Å². The van der Waals surface area contributed by atoms with E-state index in [4.69, 9.17) is 5.11 Å². The summed E-state index contributed by atoms with van der Waals surface area (Å²) in [6.07, 6.45) is 0. The highest BCUT2D eigenvalue weighted by molar-refractivity contribution is 7.14. The number of carbonyl (C=O) groups is 1. The van der Waals surface area contributed by atoms with Crippen molar-refractivity contribution in [3.63, 3.8) is 0 Å². The van der Waals surface area contributed by atoms with Gasteiger partial charge in [-0.05, 0) is 17.7 Å². The van der Waals surface area contributed by atoms with Crippen molar-refractivity contribution in [3.05, 3.63) is 46.9 Å². The largest absolute Gasteiger partial charge is 0.476 e. The Morgan fingerprint density at radius 2 is 2.35 bits per heavy atom. The number of aromatic nitrogens is 1. The van der Waals surface area contributed by atoms with Gasteiger partial charge < -0.3 is 10.4 Å². The zero-order chi connectivity index (χ0) is 12.3. The fourth-order valence-electron chi connectivity index (χ4n) is 1.35. The topological polar surface area (TPSA) is 62.2 Å². The van der Waals surface area contributed by atoms with E-state index in [9.17, 15) is 9.18 Å². The second kappa shape index (κ2) is 4.92. The molecule has 0 saturated carbocycles. The zero-order valence-electron chi connectivity index (χ0n) is 8.68. The van der Waals surface area contributed by atoms with Crippen molar-refractivity contribution < 1.29 is 14.3 Å². The van der Waals surface area contributed by atoms with Crippen LogP contribution in [0.4, 0.5) is 9.39 Å². The molecule has 0 radical (unpaired) electrons. The summed E-state index contributed by atoms with van der Waals surface area (Å²) in [6, 6.07) is 6.13. The summed E-state index contributed by atoms with van der Waals surface area (Å²) >= 11 is 1.20. The molecule has 0 bridgehead atoms. The average molecular weight is 252 g/mol. The number of carboxylic acid groups (broad SMARTS) is 1. The second-order valence-electron chi connectivity index (χ2n) is 3.32. The van der Waals surface area contributed by atoms with E-state index >= 15 is 0 Å². The van der Waals surface area contributed by atoms with Crippen LogP contribution in [0.1, 0.15) is 16.1 Å². The lowest BCUT2D eigenvalue weighted by molar-refractivity contribution is 0.0692. The van der Waals surface area contributed by atoms with Gasteiger partial charge in [0.05, 0.1) is 5.51 Å². The smallest absolute Gasteiger partial charge is 0.357 e. The van der Waals surface area contributed by atoms with Gasteiger partial charge in [0.2, 0.25) is 0 Å². The van der Waals surface area contributed by atoms with E-state index in [1.807, 2.05) is 0 Å². The summed E-state index contributed by atoms with van der Waals surface area (Å²) in [6.45, 7) is 0.361. The van der Waals surface area contributed by atoms with Crippen LogP contribution in [0.5, 0.6) is 0 Å². The Bertz CT molecular complexity index is 542. The molecule has 1 aromatic carbocycles. The molecule has 0 fully saturated rings. The monoisotopic (exact) mass is 252 g/mol. The summed E-state index contributed by atoms with van der Waals surface area (Å²) < 4.78 is 12.9. The summed E-state index contributed by atoms with van der Waals surface area (Å²) in [5.41, 5.74) is 2.19. The molecule has 2 aromatic rings. The minimum absolute atomic E-state index is 0.00796. The molecule has 2 rings (SSSR count). The Morgan fingerprint density at radius 3 is 3.06 bits per heavy atom. The number of nitrogens with zero attached hydrogens (tertiary/aromatic N) is 1. The van der Waals surface area contributed by atoms with Crippen LogP contribution in [-0.2, 0) is 6.54 Å². The van der Waals surface area contributed by atoms with Gasteiger partial charge in [0.1, 0.15) is 10.8 Å². The molecule has 0 aliphatic heterocycles. The van der Waals surface area contributed by atoms with E-state index in [-0.39, 0.29) is 11.5 Å². The standard InChI is InChI=1S/C11H9FN2O2S/c12-8-3-1-2-7(4-8)5-13-10-9(11(15)16)14-6-17-10/h1-4,6,13H,5H2,(H,15,16). The number of anilines is 1. The van der Waals surface area contributed by atoms with Gasteiger partial charge in [-0.25, -0.2) is 14.2 Å². The van der Waals surface area contributed by atoms with E-state index in [1.54, 1.807) is 12.1 Å². The number of hydrogen-bond donors (Lipinski definition) is 2. The number of halogens is 1. The predicted octanol–water partition coefficient (Wildman–Crippen LogP) is 2.59. The third-order valence-corrected chi connectivity index (χ3v) is 2.90. The maximum absolute atomic E-state index is 12.9. The molecule has 0 unspecified atom stereocenters. The normalized spacial score (nSPS) is 10.2. The van der Waals surface area contributed by atoms with Crippen molar-refractivity contribution in [3.8, 4) is 0 Å². The molecule has 1 heterocycles. The molecule has 0 amide bonds. The first-order valence-corrected chi connectivity index (χ1v) is 5.70. The molecular weight excluding hydrogens is 243 g/mol. The Kier molecular flexibility index (Phi) is 3.34. The first kappa shape index (κ1) is 11.5. The predicted molar refractivity (Wildman–Crippen MR) is 62.8 cm³/mol. The molecular formula is C11H9FN2O2S. The number of benzene rings is 1. The molecule has 1 aromatic heterocycles. The maximum Gasteiger partial charge on any atom is 0.357 e. The lowest BCUT2D eigenvalue weighted by atomic mass is 10.2. The van der Waals surface area contributed by atoms with Crippen LogP contribution in [0.15, 0.2) is 29.8 Å². The van der Waals surface area contributed by atoms with Gasteiger partial charge in [0.25, 0.3) is 0 Å². The Labute approximate surface area is 101 Å². The third kappa shape index (κ3) is 2.79. The van der Waals surface area contributed by atoms with Gasteiger partial charge >= 0.3 is 5.97 Å². The van der Waals surface area contributed by atoms with Crippen molar-refractivity contribution >= 4 is 22.3 Å². The van der Waals surface area contributed by atoms with Crippen molar-refractivity contribution in [1.82, 2.24) is 4.98 Å². The van der Waals surface area contributed by atoms with Crippen LogP contribution in [0.25, 0.3) is 0 Å². The van der Waals surface area contributed by atoms with Gasteiger partial charge in [-0.3, -0.25) is 0 Å². The number of hydrogen-bond acceptors (Lipinski definition) is 4. The second-order valence-corrected chi connectivity index (χ2v) is 4.17. The molecule has 0 aliphatic carbocycles. The number of rotatable bonds is 4. The maximum atomic E-state index is 12.9. The molecule has 88 valence electrons. The number of aromatic carboxylic acids is 1. The van der Waals surface area contributed by atoms with Gasteiger partial charge in [-0.2, -0.15) is 0 Å². The Hall–Kier alpha value is -1.95. The van der Waals surface area contributed by atoms with Crippen LogP contribution in [0.2, 0.25) is 0 Å². The first-order chi connectivity index (χ1) is 8.16. The highest BCUT2D eigenvalue weighted by atomic mass is 32.1. The fraction of sp³-hybridized carbons (Fsp3) is 0.0909. The SMILES string of the molecule is O=C(O)c1ncsc1NCc1cccc(F)c1. The lowest BCUT2D eigenvalue weighted by Crippen LogP contribution is -2.04. The zero-order valence-corrected chi connectivity index (χ0v) is 9.50. The van der Waals surface area contributed by atoms with E-state index in [2.05, 4.69) is 10.3 Å². The summed E-state index contributed by atoms with van der Waals surface area (Å²) in [5.74, 6) is -1.39. The van der Waals surface area contributed by atoms with E-state index in [1.165, 1.54) is 29.0 Å². The van der Waals surface area contributed by atoms with Gasteiger partial charge in [0.15, 0.2) is 5.69 Å². The molecule has 0 spiro atoms. The van der Waals surface area contributed by atoms with Crippen LogP contribution in [0.3, 0.4) is 0 Å². The van der Waals surface area contributed by atoms with Crippen LogP contribution in [-0.4, -0.2) is 16.1 Å². The van der Waals surface area contributed by atoms with Crippen molar-refractivity contribution in [1.29, 1.82) is 0 Å². The lowest BCUT2D eigenvalue weighted by Gasteiger charge is -2.04. The summed E-state index contributed by atoms with van der Waals surface area (Å²) in [5, 5.41) is 12.2. The summed E-state index contributed by atoms with van der Waals surface area (Å²) in [4.78, 5) is 14.5. The molecule has 4 nitrogen and oxygen atoms in total. The fourth-order valence-corrected chi connectivity index (χ4v) is 2.02. The van der Waals surface area contributed by atoms with Gasteiger partial charge in [-0.15, -0.1) is 11.3 Å². The van der Waals surface area contributed by atoms with E-state index in [0.717, 1.165) is 5.56 Å². The van der Waals surface area contributed by atoms with Crippen LogP contribution >= 0.6 is 11.3 Å². The summed E-state index contributed by atoms with van der Waals surface area (Å²) in [7, 11) is 0. The molecule has 6 heteroatoms. The van der Waals surface area contributed by atoms with Crippen LogP contribution in [0, 0.1) is 5.82 Å². The molecule has 0 aliphatic rings.